The Balaban J connectivity index is 0.000000129. The molecular weight excluding hydrogens is 1720 g/mol. The summed E-state index contributed by atoms with van der Waals surface area (Å²) in [5, 5.41) is 3.06. The van der Waals surface area contributed by atoms with Crippen LogP contribution in [0.3, 0.4) is 0 Å². The normalized spacial score (nSPS) is 18.5. The molecule has 0 unspecified atom stereocenters. The molecule has 0 bridgehead atoms. The number of amides is 4. The van der Waals surface area contributed by atoms with Gasteiger partial charge in [-0.15, -0.1) is 0 Å². The number of hydrogen-bond acceptors (Lipinski definition) is 18. The zero-order chi connectivity index (χ0) is 83.6. The largest absolute Gasteiger partial charge is 0.444 e. The van der Waals surface area contributed by atoms with Crippen LogP contribution in [-0.4, -0.2) is 166 Å². The lowest BCUT2D eigenvalue weighted by atomic mass is 10.00. The van der Waals surface area contributed by atoms with Crippen LogP contribution < -0.4 is 19.6 Å². The average Bonchev–Trinajstić information content (AvgIpc) is 0.776. The average molecular weight is 1810 g/mol. The number of benzene rings is 9. The van der Waals surface area contributed by atoms with Gasteiger partial charge in [0, 0.05) is 120 Å². The van der Waals surface area contributed by atoms with Crippen LogP contribution in [0.1, 0.15) is 90.3 Å². The molecule has 4 saturated heterocycles. The molecule has 0 aliphatic carbocycles. The highest BCUT2D eigenvalue weighted by Gasteiger charge is 2.43. The number of sulfone groups is 1. The second-order valence-corrected chi connectivity index (χ2v) is 41.5. The predicted octanol–water partition coefficient (Wildman–Crippen LogP) is 15.4. The number of para-hydroxylation sites is 2. The summed E-state index contributed by atoms with van der Waals surface area (Å²) in [7, 11) is -17.7. The Labute approximate surface area is 705 Å². The maximum atomic E-state index is 13.3. The van der Waals surface area contributed by atoms with Gasteiger partial charge < -0.3 is 18.9 Å². The molecular formula is C84H87BrCl2N8O18S5. The molecule has 9 aromatic carbocycles. The fourth-order valence-electron chi connectivity index (χ4n) is 16.3. The zero-order valence-corrected chi connectivity index (χ0v) is 71.9. The van der Waals surface area contributed by atoms with Gasteiger partial charge in [-0.3, -0.25) is 19.6 Å². The van der Waals surface area contributed by atoms with Gasteiger partial charge in [0.05, 0.1) is 48.1 Å². The highest BCUT2D eigenvalue weighted by atomic mass is 79.9. The van der Waals surface area contributed by atoms with Gasteiger partial charge in [0.2, 0.25) is 40.1 Å². The Morgan fingerprint density at radius 1 is 0.356 bits per heavy atom. The first-order valence-corrected chi connectivity index (χ1v) is 47.9. The lowest BCUT2D eigenvalue weighted by Gasteiger charge is -2.40. The van der Waals surface area contributed by atoms with Gasteiger partial charge in [-0.05, 0) is 190 Å². The summed E-state index contributed by atoms with van der Waals surface area (Å²) in [5.74, 6) is 0.00615. The number of cyclic esters (lactones) is 4. The summed E-state index contributed by atoms with van der Waals surface area (Å²) in [6, 6.07) is 56.0. The number of halogens is 3. The number of sulfonamides is 4. The van der Waals surface area contributed by atoms with E-state index in [4.69, 9.17) is 42.1 Å². The van der Waals surface area contributed by atoms with Crippen LogP contribution in [0.15, 0.2) is 218 Å². The Hall–Kier alpha value is -9.03. The Morgan fingerprint density at radius 3 is 1.13 bits per heavy atom. The predicted molar refractivity (Wildman–Crippen MR) is 453 cm³/mol. The molecule has 0 aromatic heterocycles. The summed E-state index contributed by atoms with van der Waals surface area (Å²) in [4.78, 5) is 57.3. The van der Waals surface area contributed by atoms with Crippen molar-refractivity contribution in [3.63, 3.8) is 0 Å². The standard InChI is InChI=1S/C24H24N2O4S.C21H24N2O4S.C20H21ClN2O6S2.C19H18BrClN2O4S/c1-17-5-4-8-20-16-30-24(27)26(23(17)20)21-11-13-25(14-12-21)31(28,29)22-10-9-18-6-2-3-7-19(18)15-22;1-16-6-5-9-18-14-27-21(24)23(20(16)18)19-10-12-22(13-11-19)28(25,26)15-17-7-3-2-4-8-17;1-30(25,26)17-3-5-18(6-4-17)31(27,28)22-10-8-16(9-11-22)23-19-7-2-15(21)12-14(19)13-29-20(23)24;20-14-1-4-17(5-2-14)28(25,26)22-9-7-16(8-10-22)23-18-6-3-15(21)11-13(18)12-27-19(23)24/h2-10,15,21H,11-14,16H2,1H3;2-9,19H,10-15H2,1H3;2-7,12,16H,8-11,13H2,1H3;1-6,11,16H,7-10,12H2. The van der Waals surface area contributed by atoms with E-state index in [9.17, 15) is 61.3 Å². The molecule has 8 heterocycles. The van der Waals surface area contributed by atoms with Crippen molar-refractivity contribution in [1.29, 1.82) is 0 Å². The molecule has 0 spiro atoms. The van der Waals surface area contributed by atoms with Gasteiger partial charge in [-0.25, -0.2) is 65.6 Å². The lowest BCUT2D eigenvalue weighted by Crippen LogP contribution is -2.50. The molecule has 34 heteroatoms. The van der Waals surface area contributed by atoms with E-state index in [1.807, 2.05) is 117 Å². The molecule has 118 heavy (non-hydrogen) atoms. The number of anilines is 4. The number of piperidine rings is 4. The van der Waals surface area contributed by atoms with Crippen LogP contribution in [0.2, 0.25) is 10.0 Å². The summed E-state index contributed by atoms with van der Waals surface area (Å²) in [6.45, 7) is 7.59. The number of carbonyl (C=O) groups is 4. The van der Waals surface area contributed by atoms with E-state index in [1.54, 1.807) is 90.6 Å². The highest BCUT2D eigenvalue weighted by Crippen LogP contribution is 2.41. The zero-order valence-electron chi connectivity index (χ0n) is 64.7. The third-order valence-corrected chi connectivity index (χ3v) is 32.1. The van der Waals surface area contributed by atoms with Crippen molar-refractivity contribution < 1.29 is 80.2 Å². The van der Waals surface area contributed by atoms with E-state index in [2.05, 4.69) is 15.9 Å². The van der Waals surface area contributed by atoms with Gasteiger partial charge in [0.25, 0.3) is 0 Å². The van der Waals surface area contributed by atoms with E-state index in [-0.39, 0.29) is 96.3 Å². The van der Waals surface area contributed by atoms with Crippen LogP contribution in [0.25, 0.3) is 10.8 Å². The minimum absolute atomic E-state index is 0.00615. The number of fused-ring (bicyclic) bond motifs is 5. The monoisotopic (exact) mass is 1800 g/mol. The quantitative estimate of drug-likeness (QED) is 0.0913. The first-order chi connectivity index (χ1) is 56.3. The van der Waals surface area contributed by atoms with E-state index in [1.165, 1.54) is 37.2 Å². The minimum Gasteiger partial charge on any atom is -0.444 e. The molecule has 4 fully saturated rings. The van der Waals surface area contributed by atoms with Crippen LogP contribution >= 0.6 is 39.1 Å². The molecule has 26 nitrogen and oxygen atoms in total. The summed E-state index contributed by atoms with van der Waals surface area (Å²) in [6.07, 6.45) is 3.80. The van der Waals surface area contributed by atoms with Crippen molar-refractivity contribution in [2.24, 2.45) is 0 Å². The van der Waals surface area contributed by atoms with Crippen molar-refractivity contribution >= 4 is 147 Å². The number of aryl methyl sites for hydroxylation is 2. The highest BCUT2D eigenvalue weighted by molar-refractivity contribution is 9.10. The number of nitrogens with zero attached hydrogens (tertiary/aromatic N) is 8. The minimum atomic E-state index is -3.77. The Morgan fingerprint density at radius 2 is 0.703 bits per heavy atom. The molecule has 0 radical (unpaired) electrons. The van der Waals surface area contributed by atoms with E-state index < -0.39 is 62.1 Å². The van der Waals surface area contributed by atoms with Gasteiger partial charge in [0.1, 0.15) is 26.4 Å². The molecule has 8 aliphatic heterocycles. The molecule has 8 aliphatic rings. The first-order valence-electron chi connectivity index (χ1n) is 38.5. The van der Waals surface area contributed by atoms with Gasteiger partial charge in [-0.2, -0.15) is 12.9 Å². The van der Waals surface area contributed by atoms with Crippen molar-refractivity contribution in [3.05, 3.63) is 248 Å². The van der Waals surface area contributed by atoms with Gasteiger partial charge in [0.15, 0.2) is 9.84 Å². The number of carbonyl (C=O) groups excluding carboxylic acids is 4. The smallest absolute Gasteiger partial charge is 0.414 e. The second-order valence-electron chi connectivity index (χ2n) is 29.9. The molecule has 4 amide bonds. The fourth-order valence-corrected chi connectivity index (χ4v) is 23.6. The number of rotatable bonds is 14. The molecule has 9 aromatic rings. The van der Waals surface area contributed by atoms with E-state index in [0.717, 1.165) is 83.2 Å². The first kappa shape index (κ1) is 85.4. The van der Waals surface area contributed by atoms with Crippen LogP contribution in [0.4, 0.5) is 41.9 Å². The molecule has 622 valence electrons. The third-order valence-electron chi connectivity index (χ3n) is 22.4. The maximum absolute atomic E-state index is 13.3. The maximum Gasteiger partial charge on any atom is 0.414 e. The van der Waals surface area contributed by atoms with Crippen LogP contribution in [0, 0.1) is 13.8 Å². The van der Waals surface area contributed by atoms with Crippen molar-refractivity contribution in [1.82, 2.24) is 17.2 Å². The summed E-state index contributed by atoms with van der Waals surface area (Å²) in [5.41, 5.74) is 9.87. The lowest BCUT2D eigenvalue weighted by molar-refractivity contribution is 0.135. The van der Waals surface area contributed by atoms with E-state index in [0.29, 0.717) is 106 Å². The number of hydrogen-bond donors (Lipinski definition) is 0. The van der Waals surface area contributed by atoms with Gasteiger partial charge in [-0.1, -0.05) is 136 Å². The Kier molecular flexibility index (Phi) is 25.9. The SMILES string of the molecule is CS(=O)(=O)c1ccc(S(=O)(=O)N2CCC(N3C(=O)OCc4cc(Cl)ccc43)CC2)cc1.Cc1cccc2c1N(C1CCN(S(=O)(=O)Cc3ccccc3)CC1)C(=O)OC2.Cc1cccc2c1N(C1CCN(S(=O)(=O)c3ccc4ccccc4c3)CC1)C(=O)OC2.O=C1OCc2cc(Cl)ccc2N1C1CCN(S(=O)(=O)c2ccc(Br)cc2)CC1. The summed E-state index contributed by atoms with van der Waals surface area (Å²) < 4.78 is 155. The van der Waals surface area contributed by atoms with Crippen LogP contribution in [0.5, 0.6) is 0 Å². The molecule has 0 saturated carbocycles. The second kappa shape index (κ2) is 35.7. The third kappa shape index (κ3) is 18.6. The van der Waals surface area contributed by atoms with Crippen LogP contribution in [-0.2, 0) is 101 Å². The molecule has 0 atom stereocenters. The molecule has 0 N–H and O–H groups in total. The Bertz CT molecular complexity index is 5900. The van der Waals surface area contributed by atoms with Crippen molar-refractivity contribution in [3.8, 4) is 0 Å². The topological polar surface area (TPSA) is 302 Å². The summed E-state index contributed by atoms with van der Waals surface area (Å²) >= 11 is 15.4. The fraction of sp³-hybridized carbons (Fsp3) is 0.333. The number of ether oxygens (including phenoxy) is 4. The molecule has 17 rings (SSSR count). The van der Waals surface area contributed by atoms with Gasteiger partial charge >= 0.3 is 24.4 Å². The van der Waals surface area contributed by atoms with Crippen molar-refractivity contribution in [2.75, 3.05) is 78.2 Å². The van der Waals surface area contributed by atoms with E-state index >= 15 is 0 Å². The van der Waals surface area contributed by atoms with Crippen molar-refractivity contribution in [2.45, 2.75) is 141 Å².